The standard InChI is InChI=1S/C12H20N6O2/c1-3-4-7-18-9-8(10(19)17(2)12(18)20)15-11(16-9)14-6-5-13/h3-7,13H2,1-2H3,(H2,14,15,16). The van der Waals surface area contributed by atoms with Gasteiger partial charge in [0.2, 0.25) is 5.95 Å². The van der Waals surface area contributed by atoms with Gasteiger partial charge >= 0.3 is 5.69 Å². The van der Waals surface area contributed by atoms with Gasteiger partial charge in [-0.1, -0.05) is 13.3 Å². The Labute approximate surface area is 115 Å². The third-order valence-corrected chi connectivity index (χ3v) is 3.15. The first-order valence-corrected chi connectivity index (χ1v) is 6.73. The average Bonchev–Trinajstić information content (AvgIpc) is 2.87. The van der Waals surface area contributed by atoms with E-state index in [1.54, 1.807) is 0 Å². The van der Waals surface area contributed by atoms with E-state index in [1.807, 2.05) is 6.92 Å². The van der Waals surface area contributed by atoms with E-state index < -0.39 is 0 Å². The fraction of sp³-hybridized carbons (Fsp3) is 0.583. The van der Waals surface area contributed by atoms with Crippen molar-refractivity contribution < 1.29 is 0 Å². The van der Waals surface area contributed by atoms with Crippen LogP contribution in [0.15, 0.2) is 9.59 Å². The number of rotatable bonds is 6. The maximum absolute atomic E-state index is 12.2. The van der Waals surface area contributed by atoms with E-state index in [0.717, 1.165) is 17.4 Å². The molecule has 2 rings (SSSR count). The largest absolute Gasteiger partial charge is 0.354 e. The lowest BCUT2D eigenvalue weighted by Crippen LogP contribution is -2.38. The highest BCUT2D eigenvalue weighted by Crippen LogP contribution is 2.09. The van der Waals surface area contributed by atoms with Crippen LogP contribution < -0.4 is 22.3 Å². The second-order valence-electron chi connectivity index (χ2n) is 4.65. The van der Waals surface area contributed by atoms with Crippen LogP contribution in [0.4, 0.5) is 5.95 Å². The average molecular weight is 280 g/mol. The van der Waals surface area contributed by atoms with Crippen LogP contribution in [-0.4, -0.2) is 32.2 Å². The molecule has 0 aromatic carbocycles. The first kappa shape index (κ1) is 14.3. The summed E-state index contributed by atoms with van der Waals surface area (Å²) in [4.78, 5) is 31.5. The van der Waals surface area contributed by atoms with Gasteiger partial charge in [0.05, 0.1) is 0 Å². The van der Waals surface area contributed by atoms with Crippen LogP contribution in [0.3, 0.4) is 0 Å². The number of aromatic amines is 1. The van der Waals surface area contributed by atoms with Crippen LogP contribution in [0.25, 0.3) is 11.2 Å². The summed E-state index contributed by atoms with van der Waals surface area (Å²) in [6.07, 6.45) is 1.81. The lowest BCUT2D eigenvalue weighted by molar-refractivity contribution is 0.584. The number of aryl methyl sites for hydroxylation is 1. The number of aromatic nitrogens is 4. The number of hydrogen-bond acceptors (Lipinski definition) is 5. The molecule has 110 valence electrons. The highest BCUT2D eigenvalue weighted by Gasteiger charge is 2.14. The molecule has 2 aromatic rings. The van der Waals surface area contributed by atoms with E-state index in [0.29, 0.717) is 36.7 Å². The van der Waals surface area contributed by atoms with Crippen LogP contribution in [0, 0.1) is 0 Å². The van der Waals surface area contributed by atoms with Crippen molar-refractivity contribution in [2.75, 3.05) is 18.4 Å². The molecule has 0 aliphatic heterocycles. The van der Waals surface area contributed by atoms with Gasteiger partial charge in [-0.05, 0) is 6.42 Å². The maximum Gasteiger partial charge on any atom is 0.332 e. The molecule has 20 heavy (non-hydrogen) atoms. The molecule has 0 atom stereocenters. The number of imidazole rings is 1. The van der Waals surface area contributed by atoms with Crippen molar-refractivity contribution >= 4 is 17.1 Å². The zero-order chi connectivity index (χ0) is 14.7. The molecule has 0 saturated carbocycles. The van der Waals surface area contributed by atoms with E-state index in [4.69, 9.17) is 5.73 Å². The van der Waals surface area contributed by atoms with Crippen molar-refractivity contribution in [2.45, 2.75) is 26.3 Å². The molecule has 4 N–H and O–H groups in total. The first-order valence-electron chi connectivity index (χ1n) is 6.73. The first-order chi connectivity index (χ1) is 9.60. The maximum atomic E-state index is 12.2. The Morgan fingerprint density at radius 1 is 1.40 bits per heavy atom. The summed E-state index contributed by atoms with van der Waals surface area (Å²) in [5.41, 5.74) is 5.44. The summed E-state index contributed by atoms with van der Waals surface area (Å²) < 4.78 is 2.63. The lowest BCUT2D eigenvalue weighted by atomic mass is 10.3. The smallest absolute Gasteiger partial charge is 0.332 e. The molecule has 0 radical (unpaired) electrons. The molecular formula is C12H20N6O2. The van der Waals surface area contributed by atoms with Gasteiger partial charge < -0.3 is 16.0 Å². The minimum atomic E-state index is -0.369. The van der Waals surface area contributed by atoms with Gasteiger partial charge in [0, 0.05) is 26.7 Å². The van der Waals surface area contributed by atoms with Crippen molar-refractivity contribution in [2.24, 2.45) is 12.8 Å². The van der Waals surface area contributed by atoms with Gasteiger partial charge in [-0.3, -0.25) is 13.9 Å². The quantitative estimate of drug-likeness (QED) is 0.666. The molecule has 2 heterocycles. The molecule has 0 saturated heterocycles. The van der Waals surface area contributed by atoms with Gasteiger partial charge in [0.1, 0.15) is 0 Å². The van der Waals surface area contributed by atoms with Gasteiger partial charge in [-0.25, -0.2) is 4.79 Å². The SMILES string of the molecule is CCCCn1c(=O)n(C)c(=O)c2[nH]c(NCCN)nc21. The van der Waals surface area contributed by atoms with Crippen LogP contribution >= 0.6 is 0 Å². The monoisotopic (exact) mass is 280 g/mol. The normalized spacial score (nSPS) is 11.2. The molecule has 0 bridgehead atoms. The lowest BCUT2D eigenvalue weighted by Gasteiger charge is -2.07. The number of hydrogen-bond donors (Lipinski definition) is 3. The molecule has 8 nitrogen and oxygen atoms in total. The summed E-state index contributed by atoms with van der Waals surface area (Å²) in [6, 6.07) is 0. The number of nitrogens with two attached hydrogens (primary N) is 1. The van der Waals surface area contributed by atoms with E-state index in [1.165, 1.54) is 11.6 Å². The number of H-pyrrole nitrogens is 1. The molecule has 0 spiro atoms. The summed E-state index contributed by atoms with van der Waals surface area (Å²) in [5, 5.41) is 2.98. The van der Waals surface area contributed by atoms with E-state index in [9.17, 15) is 9.59 Å². The number of nitrogens with one attached hydrogen (secondary N) is 2. The molecule has 0 aliphatic carbocycles. The Morgan fingerprint density at radius 2 is 2.15 bits per heavy atom. The topological polar surface area (TPSA) is 111 Å². The predicted molar refractivity (Wildman–Crippen MR) is 78.0 cm³/mol. The number of fused-ring (bicyclic) bond motifs is 1. The van der Waals surface area contributed by atoms with Gasteiger partial charge in [-0.15, -0.1) is 0 Å². The summed E-state index contributed by atoms with van der Waals surface area (Å²) in [6.45, 7) is 3.58. The minimum absolute atomic E-state index is 0.336. The van der Waals surface area contributed by atoms with Crippen molar-refractivity contribution in [3.05, 3.63) is 20.8 Å². The second-order valence-corrected chi connectivity index (χ2v) is 4.65. The summed E-state index contributed by atoms with van der Waals surface area (Å²) in [5.74, 6) is 0.457. The van der Waals surface area contributed by atoms with Crippen molar-refractivity contribution in [1.29, 1.82) is 0 Å². The molecule has 0 unspecified atom stereocenters. The third-order valence-electron chi connectivity index (χ3n) is 3.15. The second kappa shape index (κ2) is 5.91. The highest BCUT2D eigenvalue weighted by molar-refractivity contribution is 5.72. The fourth-order valence-corrected chi connectivity index (χ4v) is 2.03. The van der Waals surface area contributed by atoms with Crippen LogP contribution in [0.1, 0.15) is 19.8 Å². The van der Waals surface area contributed by atoms with Crippen molar-refractivity contribution in [3.63, 3.8) is 0 Å². The predicted octanol–water partition coefficient (Wildman–Crippen LogP) is -0.406. The summed E-state index contributed by atoms with van der Waals surface area (Å²) >= 11 is 0. The molecule has 0 amide bonds. The molecule has 2 aromatic heterocycles. The van der Waals surface area contributed by atoms with Crippen molar-refractivity contribution in [3.8, 4) is 0 Å². The number of unbranched alkanes of at least 4 members (excludes halogenated alkanes) is 1. The van der Waals surface area contributed by atoms with Gasteiger partial charge in [0.25, 0.3) is 5.56 Å². The molecule has 8 heteroatoms. The third kappa shape index (κ3) is 2.46. The highest BCUT2D eigenvalue weighted by atomic mass is 16.2. The van der Waals surface area contributed by atoms with Gasteiger partial charge in [-0.2, -0.15) is 4.98 Å². The Morgan fingerprint density at radius 3 is 2.80 bits per heavy atom. The van der Waals surface area contributed by atoms with E-state index in [2.05, 4.69) is 15.3 Å². The van der Waals surface area contributed by atoms with Crippen LogP contribution in [-0.2, 0) is 13.6 Å². The van der Waals surface area contributed by atoms with E-state index >= 15 is 0 Å². The van der Waals surface area contributed by atoms with Crippen molar-refractivity contribution in [1.82, 2.24) is 19.1 Å². The zero-order valence-electron chi connectivity index (χ0n) is 11.8. The number of anilines is 1. The minimum Gasteiger partial charge on any atom is -0.354 e. The Hall–Kier alpha value is -2.09. The Balaban J connectivity index is 2.60. The Kier molecular flexibility index (Phi) is 4.23. The zero-order valence-corrected chi connectivity index (χ0v) is 11.8. The van der Waals surface area contributed by atoms with Crippen LogP contribution in [0.5, 0.6) is 0 Å². The molecular weight excluding hydrogens is 260 g/mol. The molecule has 0 fully saturated rings. The number of nitrogens with zero attached hydrogens (tertiary/aromatic N) is 3. The van der Waals surface area contributed by atoms with E-state index in [-0.39, 0.29) is 11.2 Å². The summed E-state index contributed by atoms with van der Waals surface area (Å²) in [7, 11) is 1.47. The Bertz CT molecular complexity index is 711. The fourth-order valence-electron chi connectivity index (χ4n) is 2.03. The van der Waals surface area contributed by atoms with Crippen LogP contribution in [0.2, 0.25) is 0 Å². The van der Waals surface area contributed by atoms with Gasteiger partial charge in [0.15, 0.2) is 11.2 Å². The molecule has 0 aliphatic rings.